The molecule has 37 heavy (non-hydrogen) atoms. The van der Waals surface area contributed by atoms with Crippen LogP contribution in [0.5, 0.6) is 0 Å². The maximum absolute atomic E-state index is 13.9. The Morgan fingerprint density at radius 3 is 2.14 bits per heavy atom. The van der Waals surface area contributed by atoms with Crippen molar-refractivity contribution in [3.63, 3.8) is 0 Å². The van der Waals surface area contributed by atoms with Gasteiger partial charge < -0.3 is 15.7 Å². The van der Waals surface area contributed by atoms with Crippen LogP contribution >= 0.6 is 22.9 Å². The predicted molar refractivity (Wildman–Crippen MR) is 145 cm³/mol. The summed E-state index contributed by atoms with van der Waals surface area (Å²) in [7, 11) is 0. The molecule has 2 aromatic carbocycles. The second-order valence-electron chi connectivity index (χ2n) is 9.45. The number of Topliss-reactive ketones (excluding diaryl/α,β-unsaturated/α-hetero) is 1. The van der Waals surface area contributed by atoms with E-state index in [9.17, 15) is 24.3 Å². The summed E-state index contributed by atoms with van der Waals surface area (Å²) in [5, 5.41) is 10.6. The van der Waals surface area contributed by atoms with Gasteiger partial charge in [0.25, 0.3) is 5.91 Å². The third kappa shape index (κ3) is 7.05. The van der Waals surface area contributed by atoms with Crippen LogP contribution in [0.3, 0.4) is 0 Å². The SMILES string of the molecule is CC(=O)c1ccc(-c2ccc(C(=O)N([C@@H](CCC(N)=O)C(=O)O)C(C)(C)Cc3ccc(Cl)cc3)cc2)s1. The fourth-order valence-electron chi connectivity index (χ4n) is 4.27. The van der Waals surface area contributed by atoms with Crippen LogP contribution in [0.2, 0.25) is 5.02 Å². The minimum absolute atomic E-state index is 0.0164. The summed E-state index contributed by atoms with van der Waals surface area (Å²) in [4.78, 5) is 52.2. The minimum atomic E-state index is -1.27. The molecule has 0 saturated heterocycles. The molecule has 7 nitrogen and oxygen atoms in total. The van der Waals surface area contributed by atoms with Gasteiger partial charge in [0.2, 0.25) is 5.91 Å². The van der Waals surface area contributed by atoms with Crippen LogP contribution in [0.1, 0.15) is 59.2 Å². The Morgan fingerprint density at radius 2 is 1.62 bits per heavy atom. The number of thiophene rings is 1. The normalized spacial score (nSPS) is 12.1. The summed E-state index contributed by atoms with van der Waals surface area (Å²) < 4.78 is 0. The van der Waals surface area contributed by atoms with Gasteiger partial charge in [-0.1, -0.05) is 35.9 Å². The fourth-order valence-corrected chi connectivity index (χ4v) is 5.30. The van der Waals surface area contributed by atoms with E-state index in [0.29, 0.717) is 21.9 Å². The molecular formula is C28H29ClN2O5S. The highest BCUT2D eigenvalue weighted by molar-refractivity contribution is 7.17. The van der Waals surface area contributed by atoms with E-state index in [1.807, 2.05) is 18.2 Å². The third-order valence-electron chi connectivity index (χ3n) is 6.05. The van der Waals surface area contributed by atoms with E-state index >= 15 is 0 Å². The van der Waals surface area contributed by atoms with E-state index in [2.05, 4.69) is 0 Å². The number of nitrogens with zero attached hydrogens (tertiary/aromatic N) is 1. The van der Waals surface area contributed by atoms with Gasteiger partial charge >= 0.3 is 5.97 Å². The van der Waals surface area contributed by atoms with E-state index in [1.165, 1.54) is 23.2 Å². The molecule has 3 aromatic rings. The number of halogens is 1. The Bertz CT molecular complexity index is 1300. The maximum atomic E-state index is 13.9. The number of primary amides is 1. The molecule has 0 aliphatic carbocycles. The van der Waals surface area contributed by atoms with Crippen molar-refractivity contribution in [1.82, 2.24) is 4.90 Å². The second-order valence-corrected chi connectivity index (χ2v) is 11.0. The molecule has 0 spiro atoms. The number of carbonyl (C=O) groups is 4. The molecule has 194 valence electrons. The lowest BCUT2D eigenvalue weighted by atomic mass is 9.89. The number of carboxylic acids is 1. The van der Waals surface area contributed by atoms with Crippen LogP contribution < -0.4 is 5.73 Å². The monoisotopic (exact) mass is 540 g/mol. The summed E-state index contributed by atoms with van der Waals surface area (Å²) in [6.45, 7) is 5.10. The second kappa shape index (κ2) is 11.7. The average molecular weight is 541 g/mol. The summed E-state index contributed by atoms with van der Waals surface area (Å²) in [6, 6.07) is 16.3. The van der Waals surface area contributed by atoms with Crippen LogP contribution in [0.15, 0.2) is 60.7 Å². The smallest absolute Gasteiger partial charge is 0.326 e. The largest absolute Gasteiger partial charge is 0.480 e. The van der Waals surface area contributed by atoms with Crippen LogP contribution in [-0.2, 0) is 16.0 Å². The molecule has 0 saturated carbocycles. The number of amides is 2. The van der Waals surface area contributed by atoms with Gasteiger partial charge in [0.1, 0.15) is 6.04 Å². The van der Waals surface area contributed by atoms with Crippen molar-refractivity contribution in [1.29, 1.82) is 0 Å². The predicted octanol–water partition coefficient (Wildman–Crippen LogP) is 5.45. The van der Waals surface area contributed by atoms with Crippen molar-refractivity contribution in [2.45, 2.75) is 51.6 Å². The molecule has 0 aliphatic rings. The average Bonchev–Trinajstić information content (AvgIpc) is 3.33. The molecule has 0 aliphatic heterocycles. The highest BCUT2D eigenvalue weighted by atomic mass is 35.5. The van der Waals surface area contributed by atoms with Gasteiger partial charge in [-0.05, 0) is 81.1 Å². The van der Waals surface area contributed by atoms with E-state index < -0.39 is 29.4 Å². The summed E-state index contributed by atoms with van der Waals surface area (Å²) >= 11 is 7.37. The molecule has 0 bridgehead atoms. The zero-order valence-corrected chi connectivity index (χ0v) is 22.4. The Balaban J connectivity index is 1.97. The van der Waals surface area contributed by atoms with Gasteiger partial charge in [-0.15, -0.1) is 11.3 Å². The molecule has 3 N–H and O–H groups in total. The highest BCUT2D eigenvalue weighted by Gasteiger charge is 2.40. The van der Waals surface area contributed by atoms with Gasteiger partial charge in [0.15, 0.2) is 5.78 Å². The molecular weight excluding hydrogens is 512 g/mol. The molecule has 0 fully saturated rings. The molecule has 9 heteroatoms. The van der Waals surface area contributed by atoms with Crippen LogP contribution in [0.25, 0.3) is 10.4 Å². The maximum Gasteiger partial charge on any atom is 0.326 e. The fraction of sp³-hybridized carbons (Fsp3) is 0.286. The van der Waals surface area contributed by atoms with Crippen molar-refractivity contribution in [2.24, 2.45) is 5.73 Å². The topological polar surface area (TPSA) is 118 Å². The number of nitrogens with two attached hydrogens (primary N) is 1. The first kappa shape index (κ1) is 28.1. The number of carboxylic acid groups (broad SMARTS) is 1. The third-order valence-corrected chi connectivity index (χ3v) is 7.54. The van der Waals surface area contributed by atoms with Crippen molar-refractivity contribution >= 4 is 46.5 Å². The van der Waals surface area contributed by atoms with Crippen molar-refractivity contribution < 1.29 is 24.3 Å². The van der Waals surface area contributed by atoms with Gasteiger partial charge in [0.05, 0.1) is 4.88 Å². The molecule has 0 radical (unpaired) electrons. The van der Waals surface area contributed by atoms with E-state index in [1.54, 1.807) is 56.3 Å². The number of benzene rings is 2. The first-order chi connectivity index (χ1) is 17.4. The summed E-state index contributed by atoms with van der Waals surface area (Å²) in [5.41, 5.74) is 6.38. The van der Waals surface area contributed by atoms with Crippen molar-refractivity contribution in [3.05, 3.63) is 81.7 Å². The van der Waals surface area contributed by atoms with Crippen molar-refractivity contribution in [2.75, 3.05) is 0 Å². The minimum Gasteiger partial charge on any atom is -0.480 e. The standard InChI is InChI=1S/C28H29ClN2O5S/c1-17(32)23-13-14-24(37-23)19-6-8-20(9-7-19)26(34)31(22(27(35)36)12-15-25(30)33)28(2,3)16-18-4-10-21(29)11-5-18/h4-11,13-14,22H,12,15-16H2,1-3H3,(H2,30,33)(H,35,36)/t22-/m0/s1. The molecule has 2 amide bonds. The van der Waals surface area contributed by atoms with E-state index in [-0.39, 0.29) is 18.6 Å². The molecule has 1 aromatic heterocycles. The highest BCUT2D eigenvalue weighted by Crippen LogP contribution is 2.31. The van der Waals surface area contributed by atoms with E-state index in [0.717, 1.165) is 16.0 Å². The Morgan fingerprint density at radius 1 is 1.00 bits per heavy atom. The van der Waals surface area contributed by atoms with Crippen LogP contribution in [0, 0.1) is 0 Å². The van der Waals surface area contributed by atoms with Gasteiger partial charge in [-0.25, -0.2) is 4.79 Å². The Labute approximate surface area is 224 Å². The molecule has 1 atom stereocenters. The zero-order valence-electron chi connectivity index (χ0n) is 20.9. The molecule has 3 rings (SSSR count). The lowest BCUT2D eigenvalue weighted by molar-refractivity contribution is -0.144. The number of rotatable bonds is 11. The quantitative estimate of drug-likeness (QED) is 0.313. The Hall–Kier alpha value is -3.49. The Kier molecular flexibility index (Phi) is 8.89. The lowest BCUT2D eigenvalue weighted by Crippen LogP contribution is -2.57. The number of hydrogen-bond donors (Lipinski definition) is 2. The van der Waals surface area contributed by atoms with Gasteiger partial charge in [-0.2, -0.15) is 0 Å². The summed E-state index contributed by atoms with van der Waals surface area (Å²) in [6.07, 6.45) is 0.0759. The number of aliphatic carboxylic acids is 1. The number of hydrogen-bond acceptors (Lipinski definition) is 5. The number of ketones is 1. The van der Waals surface area contributed by atoms with E-state index in [4.69, 9.17) is 17.3 Å². The van der Waals surface area contributed by atoms with Gasteiger partial charge in [0, 0.05) is 27.4 Å². The first-order valence-corrected chi connectivity index (χ1v) is 12.9. The van der Waals surface area contributed by atoms with Gasteiger partial charge in [-0.3, -0.25) is 14.4 Å². The van der Waals surface area contributed by atoms with Crippen molar-refractivity contribution in [3.8, 4) is 10.4 Å². The molecule has 0 unspecified atom stereocenters. The first-order valence-electron chi connectivity index (χ1n) is 11.7. The lowest BCUT2D eigenvalue weighted by Gasteiger charge is -2.42. The van der Waals surface area contributed by atoms with Crippen LogP contribution in [0.4, 0.5) is 0 Å². The molecule has 1 heterocycles. The number of carbonyl (C=O) groups excluding carboxylic acids is 3. The zero-order chi connectivity index (χ0) is 27.3. The summed E-state index contributed by atoms with van der Waals surface area (Å²) in [5.74, 6) is -2.35. The van der Waals surface area contributed by atoms with Crippen LogP contribution in [-0.4, -0.2) is 45.2 Å².